The normalized spacial score (nSPS) is 11.9. The van der Waals surface area contributed by atoms with Crippen LogP contribution in [-0.4, -0.2) is 30.1 Å². The van der Waals surface area contributed by atoms with Gasteiger partial charge in [0, 0.05) is 11.1 Å². The third-order valence-corrected chi connectivity index (χ3v) is 2.73. The third-order valence-electron chi connectivity index (χ3n) is 2.49. The molecule has 0 aliphatic heterocycles. The molecule has 3 aromatic rings. The lowest BCUT2D eigenvalue weighted by Crippen LogP contribution is -1.97. The number of nitriles is 1. The maximum atomic E-state index is 9.29. The maximum absolute atomic E-state index is 9.29. The third kappa shape index (κ3) is 1.84. The van der Waals surface area contributed by atoms with Crippen LogP contribution in [0.5, 0.6) is 0 Å². The topological polar surface area (TPSA) is 100.0 Å². The first kappa shape index (κ1) is 11.4. The van der Waals surface area contributed by atoms with Crippen molar-refractivity contribution in [3.05, 3.63) is 34.7 Å². The van der Waals surface area contributed by atoms with Crippen LogP contribution in [0.25, 0.3) is 22.8 Å². The van der Waals surface area contributed by atoms with E-state index in [1.165, 1.54) is 10.6 Å². The van der Waals surface area contributed by atoms with E-state index in [9.17, 15) is 5.11 Å². The van der Waals surface area contributed by atoms with Gasteiger partial charge in [-0.15, -0.1) is 5.10 Å². The fraction of sp³-hybridized carbons (Fsp3) is 0. The summed E-state index contributed by atoms with van der Waals surface area (Å²) < 4.78 is 1.47. The molecule has 0 unspecified atom stereocenters. The smallest absolute Gasteiger partial charge is 0.205 e. The van der Waals surface area contributed by atoms with E-state index in [-0.39, 0.29) is 0 Å². The second kappa shape index (κ2) is 4.19. The molecule has 7 nitrogen and oxygen atoms in total. The Morgan fingerprint density at radius 3 is 3.11 bits per heavy atom. The highest BCUT2D eigenvalue weighted by molar-refractivity contribution is 6.31. The van der Waals surface area contributed by atoms with Crippen molar-refractivity contribution >= 4 is 34.4 Å². The Bertz CT molecular complexity index is 863. The van der Waals surface area contributed by atoms with E-state index in [1.54, 1.807) is 24.3 Å². The highest BCUT2D eigenvalue weighted by Crippen LogP contribution is 2.20. The van der Waals surface area contributed by atoms with Crippen LogP contribution in [0.15, 0.2) is 24.0 Å². The van der Waals surface area contributed by atoms with Crippen molar-refractivity contribution in [1.82, 2.24) is 25.0 Å². The minimum atomic E-state index is -0.473. The molecule has 0 saturated heterocycles. The van der Waals surface area contributed by atoms with Crippen LogP contribution in [0.1, 0.15) is 5.69 Å². The van der Waals surface area contributed by atoms with Gasteiger partial charge >= 0.3 is 0 Å². The molecule has 19 heavy (non-hydrogen) atoms. The molecule has 2 heterocycles. The molecule has 0 bridgehead atoms. The van der Waals surface area contributed by atoms with Crippen LogP contribution in [0, 0.1) is 11.3 Å². The van der Waals surface area contributed by atoms with Crippen molar-refractivity contribution in [2.45, 2.75) is 0 Å². The molecule has 0 aliphatic carbocycles. The average molecular weight is 273 g/mol. The standard InChI is InChI=1S/C11H5ClN6O/c12-6-1-2-10-8(3-6)14-9(4-7(19)5-13)11-15-16-17-18(10)11/h1-4,19H/b7-4-. The molecule has 8 heteroatoms. The highest BCUT2D eigenvalue weighted by atomic mass is 35.5. The number of aromatic nitrogens is 5. The Hall–Kier alpha value is -2.72. The summed E-state index contributed by atoms with van der Waals surface area (Å²) in [7, 11) is 0. The predicted molar refractivity (Wildman–Crippen MR) is 67.3 cm³/mol. The molecular formula is C11H5ClN6O. The monoisotopic (exact) mass is 272 g/mol. The van der Waals surface area contributed by atoms with Gasteiger partial charge in [-0.1, -0.05) is 11.6 Å². The number of allylic oxidation sites excluding steroid dienone is 1. The lowest BCUT2D eigenvalue weighted by molar-refractivity contribution is 0.441. The first-order valence-corrected chi connectivity index (χ1v) is 5.55. The van der Waals surface area contributed by atoms with Crippen LogP contribution in [0.3, 0.4) is 0 Å². The highest BCUT2D eigenvalue weighted by Gasteiger charge is 2.11. The molecule has 1 N–H and O–H groups in total. The van der Waals surface area contributed by atoms with Crippen molar-refractivity contribution in [1.29, 1.82) is 5.26 Å². The number of aliphatic hydroxyl groups excluding tert-OH is 1. The number of tetrazole rings is 1. The quantitative estimate of drug-likeness (QED) is 0.411. The fourth-order valence-electron chi connectivity index (χ4n) is 1.71. The van der Waals surface area contributed by atoms with Crippen molar-refractivity contribution < 1.29 is 5.11 Å². The lowest BCUT2D eigenvalue weighted by atomic mass is 10.2. The molecule has 0 amide bonds. The summed E-state index contributed by atoms with van der Waals surface area (Å²) in [6, 6.07) is 6.70. The zero-order valence-corrected chi connectivity index (χ0v) is 10.1. The molecule has 0 aliphatic rings. The zero-order valence-electron chi connectivity index (χ0n) is 9.32. The van der Waals surface area contributed by atoms with E-state index in [0.29, 0.717) is 27.4 Å². The summed E-state index contributed by atoms with van der Waals surface area (Å²) in [4.78, 5) is 4.29. The van der Waals surface area contributed by atoms with E-state index in [2.05, 4.69) is 20.5 Å². The molecule has 92 valence electrons. The minimum absolute atomic E-state index is 0.291. The van der Waals surface area contributed by atoms with Crippen LogP contribution < -0.4 is 0 Å². The number of nitrogens with zero attached hydrogens (tertiary/aromatic N) is 6. The molecule has 0 fully saturated rings. The fourth-order valence-corrected chi connectivity index (χ4v) is 1.88. The van der Waals surface area contributed by atoms with Crippen LogP contribution in [-0.2, 0) is 0 Å². The van der Waals surface area contributed by atoms with Crippen molar-refractivity contribution in [3.63, 3.8) is 0 Å². The Kier molecular flexibility index (Phi) is 2.51. The molecule has 0 atom stereocenters. The van der Waals surface area contributed by atoms with Gasteiger partial charge in [0.2, 0.25) is 5.65 Å². The number of aliphatic hydroxyl groups is 1. The van der Waals surface area contributed by atoms with Gasteiger partial charge in [0.25, 0.3) is 0 Å². The number of rotatable bonds is 1. The van der Waals surface area contributed by atoms with Gasteiger partial charge in [0.05, 0.1) is 11.0 Å². The van der Waals surface area contributed by atoms with E-state index in [1.807, 2.05) is 0 Å². The van der Waals surface area contributed by atoms with E-state index in [0.717, 1.165) is 0 Å². The Morgan fingerprint density at radius 2 is 2.32 bits per heavy atom. The molecule has 1 aromatic carbocycles. The van der Waals surface area contributed by atoms with Gasteiger partial charge in [-0.2, -0.15) is 9.78 Å². The Morgan fingerprint density at radius 1 is 1.47 bits per heavy atom. The summed E-state index contributed by atoms with van der Waals surface area (Å²) in [5, 5.41) is 29.6. The average Bonchev–Trinajstić information content (AvgIpc) is 2.87. The predicted octanol–water partition coefficient (Wildman–Crippen LogP) is 1.75. The van der Waals surface area contributed by atoms with E-state index < -0.39 is 5.76 Å². The summed E-state index contributed by atoms with van der Waals surface area (Å²) in [6.45, 7) is 0. The van der Waals surface area contributed by atoms with Gasteiger partial charge in [0.15, 0.2) is 5.76 Å². The number of hydrogen-bond donors (Lipinski definition) is 1. The van der Waals surface area contributed by atoms with Gasteiger partial charge in [-0.05, 0) is 28.6 Å². The summed E-state index contributed by atoms with van der Waals surface area (Å²) in [6.07, 6.45) is 1.20. The minimum Gasteiger partial charge on any atom is -0.499 e. The number of hydrogen-bond acceptors (Lipinski definition) is 6. The molecule has 2 aromatic heterocycles. The van der Waals surface area contributed by atoms with Gasteiger partial charge in [-0.3, -0.25) is 0 Å². The first-order chi connectivity index (χ1) is 9.19. The summed E-state index contributed by atoms with van der Waals surface area (Å²) in [5.74, 6) is -0.473. The molecule has 0 saturated carbocycles. The van der Waals surface area contributed by atoms with Gasteiger partial charge in [0.1, 0.15) is 11.8 Å². The van der Waals surface area contributed by atoms with E-state index >= 15 is 0 Å². The largest absolute Gasteiger partial charge is 0.499 e. The number of benzene rings is 1. The summed E-state index contributed by atoms with van der Waals surface area (Å²) >= 11 is 5.91. The van der Waals surface area contributed by atoms with E-state index in [4.69, 9.17) is 16.9 Å². The number of fused-ring (bicyclic) bond motifs is 3. The zero-order chi connectivity index (χ0) is 13.4. The Labute approximate surface area is 111 Å². The molecular weight excluding hydrogens is 268 g/mol. The van der Waals surface area contributed by atoms with Crippen LogP contribution in [0.4, 0.5) is 0 Å². The number of halogens is 1. The van der Waals surface area contributed by atoms with Gasteiger partial charge < -0.3 is 5.11 Å². The lowest BCUT2D eigenvalue weighted by Gasteiger charge is -2.02. The maximum Gasteiger partial charge on any atom is 0.205 e. The SMILES string of the molecule is N#C/C(O)=C/c1nc2cc(Cl)ccc2n2nnnc12. The van der Waals surface area contributed by atoms with Crippen molar-refractivity contribution in [3.8, 4) is 6.07 Å². The van der Waals surface area contributed by atoms with Gasteiger partial charge in [-0.25, -0.2) is 4.98 Å². The molecule has 0 spiro atoms. The summed E-state index contributed by atoms with van der Waals surface area (Å²) in [5.41, 5.74) is 1.87. The van der Waals surface area contributed by atoms with Crippen LogP contribution in [0.2, 0.25) is 5.02 Å². The van der Waals surface area contributed by atoms with Crippen molar-refractivity contribution in [2.24, 2.45) is 0 Å². The first-order valence-electron chi connectivity index (χ1n) is 5.17. The second-order valence-corrected chi connectivity index (χ2v) is 4.12. The van der Waals surface area contributed by atoms with Crippen molar-refractivity contribution in [2.75, 3.05) is 0 Å². The second-order valence-electron chi connectivity index (χ2n) is 3.69. The van der Waals surface area contributed by atoms with Crippen LogP contribution >= 0.6 is 11.6 Å². The molecule has 3 rings (SSSR count). The molecule has 0 radical (unpaired) electrons. The Balaban J connectivity index is 2.43.